The van der Waals surface area contributed by atoms with Gasteiger partial charge in [0.05, 0.1) is 12.2 Å². The number of rotatable bonds is 4. The van der Waals surface area contributed by atoms with E-state index in [-0.39, 0.29) is 19.0 Å². The quantitative estimate of drug-likeness (QED) is 0.794. The molecule has 138 valence electrons. The Hall–Kier alpha value is -1.92. The third-order valence-corrected chi connectivity index (χ3v) is 5.64. The number of carbonyl (C=O) groups excluding carboxylic acids is 1. The number of benzene rings is 2. The van der Waals surface area contributed by atoms with Crippen molar-refractivity contribution in [3.8, 4) is 0 Å². The number of hydrogen-bond donors (Lipinski definition) is 0. The summed E-state index contributed by atoms with van der Waals surface area (Å²) in [7, 11) is 1.77. The molecular weight excluding hydrogens is 354 g/mol. The normalized spacial score (nSPS) is 17.1. The van der Waals surface area contributed by atoms with E-state index in [9.17, 15) is 13.6 Å². The van der Waals surface area contributed by atoms with Gasteiger partial charge in [0.2, 0.25) is 5.91 Å². The van der Waals surface area contributed by atoms with E-state index >= 15 is 0 Å². The molecular formula is C20H22F2N2OS. The van der Waals surface area contributed by atoms with Crippen molar-refractivity contribution in [2.75, 3.05) is 25.0 Å². The maximum atomic E-state index is 13.8. The van der Waals surface area contributed by atoms with Gasteiger partial charge in [0.15, 0.2) is 0 Å². The van der Waals surface area contributed by atoms with Gasteiger partial charge in [-0.15, -0.1) is 11.8 Å². The highest BCUT2D eigenvalue weighted by Gasteiger charge is 2.24. The molecule has 0 aliphatic carbocycles. The summed E-state index contributed by atoms with van der Waals surface area (Å²) in [6, 6.07) is 11.5. The SMILES string of the molecule is C[C@H]1CCN(C(=O)CN(C)Cc2ccc(F)cc2F)c2ccccc2S1. The molecule has 2 aromatic rings. The molecule has 0 fully saturated rings. The van der Waals surface area contributed by atoms with Crippen molar-refractivity contribution >= 4 is 23.4 Å². The number of nitrogens with zero attached hydrogens (tertiary/aromatic N) is 2. The Labute approximate surface area is 157 Å². The number of anilines is 1. The minimum Gasteiger partial charge on any atom is -0.310 e. The molecule has 3 nitrogen and oxygen atoms in total. The fourth-order valence-electron chi connectivity index (χ4n) is 3.06. The number of fused-ring (bicyclic) bond motifs is 1. The average molecular weight is 376 g/mol. The molecule has 1 amide bonds. The maximum Gasteiger partial charge on any atom is 0.241 e. The van der Waals surface area contributed by atoms with Gasteiger partial charge in [-0.1, -0.05) is 25.1 Å². The molecule has 1 heterocycles. The zero-order valence-corrected chi connectivity index (χ0v) is 15.7. The minimum atomic E-state index is -0.599. The molecule has 0 aromatic heterocycles. The lowest BCUT2D eigenvalue weighted by atomic mass is 10.2. The molecule has 0 bridgehead atoms. The molecule has 0 N–H and O–H groups in total. The van der Waals surface area contributed by atoms with Gasteiger partial charge in [-0.2, -0.15) is 0 Å². The number of likely N-dealkylation sites (N-methyl/N-ethyl adjacent to an activating group) is 1. The fraction of sp³-hybridized carbons (Fsp3) is 0.350. The van der Waals surface area contributed by atoms with Crippen LogP contribution in [0.5, 0.6) is 0 Å². The predicted octanol–water partition coefficient (Wildman–Crippen LogP) is 4.31. The van der Waals surface area contributed by atoms with Crippen LogP contribution in [0, 0.1) is 11.6 Å². The Morgan fingerprint density at radius 3 is 2.81 bits per heavy atom. The first-order chi connectivity index (χ1) is 12.4. The number of hydrogen-bond acceptors (Lipinski definition) is 3. The van der Waals surface area contributed by atoms with Crippen LogP contribution < -0.4 is 4.90 Å². The smallest absolute Gasteiger partial charge is 0.241 e. The van der Waals surface area contributed by atoms with Gasteiger partial charge >= 0.3 is 0 Å². The Kier molecular flexibility index (Phi) is 5.94. The van der Waals surface area contributed by atoms with Crippen molar-refractivity contribution in [3.63, 3.8) is 0 Å². The lowest BCUT2D eigenvalue weighted by molar-refractivity contribution is -0.119. The van der Waals surface area contributed by atoms with E-state index in [0.29, 0.717) is 17.4 Å². The van der Waals surface area contributed by atoms with Crippen molar-refractivity contribution in [2.24, 2.45) is 0 Å². The van der Waals surface area contributed by atoms with Crippen molar-refractivity contribution in [1.29, 1.82) is 0 Å². The van der Waals surface area contributed by atoms with E-state index in [2.05, 4.69) is 6.92 Å². The topological polar surface area (TPSA) is 23.6 Å². The van der Waals surface area contributed by atoms with Crippen LogP contribution in [0.25, 0.3) is 0 Å². The Morgan fingerprint density at radius 2 is 2.04 bits per heavy atom. The molecule has 0 radical (unpaired) electrons. The summed E-state index contributed by atoms with van der Waals surface area (Å²) in [6.07, 6.45) is 0.918. The molecule has 1 atom stereocenters. The molecule has 26 heavy (non-hydrogen) atoms. The van der Waals surface area contributed by atoms with Gasteiger partial charge in [-0.05, 0) is 31.7 Å². The van der Waals surface area contributed by atoms with E-state index in [4.69, 9.17) is 0 Å². The van der Waals surface area contributed by atoms with Crippen LogP contribution in [0.4, 0.5) is 14.5 Å². The lowest BCUT2D eigenvalue weighted by Gasteiger charge is -2.25. The number of amides is 1. The van der Waals surface area contributed by atoms with Gasteiger partial charge in [0.1, 0.15) is 11.6 Å². The third kappa shape index (κ3) is 4.43. The van der Waals surface area contributed by atoms with Gasteiger partial charge in [-0.25, -0.2) is 8.78 Å². The summed E-state index contributed by atoms with van der Waals surface area (Å²) in [5.74, 6) is -1.20. The molecule has 0 spiro atoms. The van der Waals surface area contributed by atoms with E-state index in [1.54, 1.807) is 23.7 Å². The van der Waals surface area contributed by atoms with Crippen LogP contribution in [0.2, 0.25) is 0 Å². The van der Waals surface area contributed by atoms with E-state index in [1.165, 1.54) is 12.1 Å². The second kappa shape index (κ2) is 8.18. The van der Waals surface area contributed by atoms with Crippen LogP contribution in [-0.2, 0) is 11.3 Å². The van der Waals surface area contributed by atoms with Gasteiger partial charge in [0.25, 0.3) is 0 Å². The maximum absolute atomic E-state index is 13.8. The summed E-state index contributed by atoms with van der Waals surface area (Å²) in [4.78, 5) is 17.6. The van der Waals surface area contributed by atoms with E-state index in [0.717, 1.165) is 23.1 Å². The summed E-state index contributed by atoms with van der Waals surface area (Å²) in [5.41, 5.74) is 1.32. The summed E-state index contributed by atoms with van der Waals surface area (Å²) >= 11 is 1.79. The standard InChI is InChI=1S/C20H22F2N2OS/c1-14-9-10-24(18-5-3-4-6-19(18)26-14)20(25)13-23(2)12-15-7-8-16(21)11-17(15)22/h3-8,11,14H,9-10,12-13H2,1-2H3/t14-/m0/s1. The zero-order chi connectivity index (χ0) is 18.7. The largest absolute Gasteiger partial charge is 0.310 e. The molecule has 0 saturated carbocycles. The highest BCUT2D eigenvalue weighted by molar-refractivity contribution is 8.00. The first-order valence-corrected chi connectivity index (χ1v) is 9.50. The van der Waals surface area contributed by atoms with Crippen molar-refractivity contribution in [2.45, 2.75) is 30.0 Å². The van der Waals surface area contributed by atoms with E-state index in [1.807, 2.05) is 29.2 Å². The number of carbonyl (C=O) groups is 1. The van der Waals surface area contributed by atoms with Crippen LogP contribution in [-0.4, -0.2) is 36.2 Å². The van der Waals surface area contributed by atoms with E-state index < -0.39 is 11.6 Å². The lowest BCUT2D eigenvalue weighted by Crippen LogP contribution is -2.39. The van der Waals surface area contributed by atoms with Crippen LogP contribution in [0.1, 0.15) is 18.9 Å². The Morgan fingerprint density at radius 1 is 1.27 bits per heavy atom. The Balaban J connectivity index is 1.71. The summed E-state index contributed by atoms with van der Waals surface area (Å²) in [6.45, 7) is 3.25. The fourth-order valence-corrected chi connectivity index (χ4v) is 4.17. The number of para-hydroxylation sites is 1. The van der Waals surface area contributed by atoms with Crippen LogP contribution >= 0.6 is 11.8 Å². The van der Waals surface area contributed by atoms with Gasteiger partial charge in [0, 0.05) is 34.9 Å². The molecule has 2 aromatic carbocycles. The molecule has 0 unspecified atom stereocenters. The zero-order valence-electron chi connectivity index (χ0n) is 14.9. The highest BCUT2D eigenvalue weighted by atomic mass is 32.2. The summed E-state index contributed by atoms with van der Waals surface area (Å²) < 4.78 is 26.9. The van der Waals surface area contributed by atoms with Gasteiger partial charge < -0.3 is 4.90 Å². The second-order valence-corrected chi connectivity index (χ2v) is 8.12. The highest BCUT2D eigenvalue weighted by Crippen LogP contribution is 2.37. The molecule has 6 heteroatoms. The summed E-state index contributed by atoms with van der Waals surface area (Å²) in [5, 5.41) is 0.444. The third-order valence-electron chi connectivity index (χ3n) is 4.41. The minimum absolute atomic E-state index is 0.0165. The molecule has 3 rings (SSSR count). The van der Waals surface area contributed by atoms with Gasteiger partial charge in [-0.3, -0.25) is 9.69 Å². The number of halogens is 2. The first-order valence-electron chi connectivity index (χ1n) is 8.62. The molecule has 1 aliphatic rings. The monoisotopic (exact) mass is 376 g/mol. The second-order valence-electron chi connectivity index (χ2n) is 6.64. The van der Waals surface area contributed by atoms with Crippen molar-refractivity contribution in [3.05, 3.63) is 59.7 Å². The molecule has 0 saturated heterocycles. The van der Waals surface area contributed by atoms with Crippen LogP contribution in [0.15, 0.2) is 47.4 Å². The van der Waals surface area contributed by atoms with Crippen molar-refractivity contribution < 1.29 is 13.6 Å². The van der Waals surface area contributed by atoms with Crippen LogP contribution in [0.3, 0.4) is 0 Å². The number of thioether (sulfide) groups is 1. The average Bonchev–Trinajstić information content (AvgIpc) is 2.75. The predicted molar refractivity (Wildman–Crippen MR) is 101 cm³/mol. The Bertz CT molecular complexity index is 799. The molecule has 1 aliphatic heterocycles. The van der Waals surface area contributed by atoms with Crippen molar-refractivity contribution in [1.82, 2.24) is 4.90 Å². The first kappa shape index (κ1) is 18.9.